The fourth-order valence-corrected chi connectivity index (χ4v) is 2.62. The molecule has 2 heterocycles. The van der Waals surface area contributed by atoms with Gasteiger partial charge in [-0.25, -0.2) is 4.98 Å². The number of carbonyl (C=O) groups excluding carboxylic acids is 2. The van der Waals surface area contributed by atoms with Gasteiger partial charge in [0.2, 0.25) is 5.91 Å². The summed E-state index contributed by atoms with van der Waals surface area (Å²) < 4.78 is 0.841. The minimum atomic E-state index is -0.451. The summed E-state index contributed by atoms with van der Waals surface area (Å²) in [4.78, 5) is 29.3. The number of nitrogens with zero attached hydrogens (tertiary/aromatic N) is 3. The Hall–Kier alpha value is -2.40. The smallest absolute Gasteiger partial charge is 0.263 e. The molecule has 2 N–H and O–H groups in total. The van der Waals surface area contributed by atoms with Crippen LogP contribution < -0.4 is 10.6 Å². The van der Waals surface area contributed by atoms with E-state index in [-0.39, 0.29) is 11.5 Å². The van der Waals surface area contributed by atoms with Crippen LogP contribution in [0, 0.1) is 11.3 Å². The summed E-state index contributed by atoms with van der Waals surface area (Å²) in [7, 11) is 0. The highest BCUT2D eigenvalue weighted by molar-refractivity contribution is 9.10. The van der Waals surface area contributed by atoms with Gasteiger partial charge >= 0.3 is 0 Å². The number of nitriles is 1. The SMILES string of the molecule is N#C/C(=C/Nc1cc(Br)ccn1)C(=O)NCCCN1CCCC1=O. The first-order chi connectivity index (χ1) is 11.6. The van der Waals surface area contributed by atoms with Crippen molar-refractivity contribution in [3.63, 3.8) is 0 Å². The van der Waals surface area contributed by atoms with E-state index in [1.54, 1.807) is 23.2 Å². The van der Waals surface area contributed by atoms with Crippen molar-refractivity contribution in [3.05, 3.63) is 34.6 Å². The van der Waals surface area contributed by atoms with Crippen LogP contribution in [0.1, 0.15) is 19.3 Å². The average molecular weight is 392 g/mol. The van der Waals surface area contributed by atoms with E-state index < -0.39 is 5.91 Å². The Balaban J connectivity index is 1.77. The van der Waals surface area contributed by atoms with Gasteiger partial charge in [-0.3, -0.25) is 9.59 Å². The zero-order chi connectivity index (χ0) is 17.4. The van der Waals surface area contributed by atoms with Crippen LogP contribution in [-0.4, -0.2) is 41.3 Å². The summed E-state index contributed by atoms with van der Waals surface area (Å²) in [5, 5.41) is 14.6. The van der Waals surface area contributed by atoms with Crippen molar-refractivity contribution in [2.75, 3.05) is 25.0 Å². The fourth-order valence-electron chi connectivity index (χ4n) is 2.29. The van der Waals surface area contributed by atoms with E-state index in [1.165, 1.54) is 6.20 Å². The van der Waals surface area contributed by atoms with E-state index in [9.17, 15) is 9.59 Å². The lowest BCUT2D eigenvalue weighted by Gasteiger charge is -2.15. The lowest BCUT2D eigenvalue weighted by molar-refractivity contribution is -0.127. The van der Waals surface area contributed by atoms with Crippen LogP contribution in [0.5, 0.6) is 0 Å². The maximum atomic E-state index is 12.0. The summed E-state index contributed by atoms with van der Waals surface area (Å²) in [6.07, 6.45) is 5.11. The van der Waals surface area contributed by atoms with E-state index >= 15 is 0 Å². The number of halogens is 1. The summed E-state index contributed by atoms with van der Waals surface area (Å²) in [6, 6.07) is 5.37. The summed E-state index contributed by atoms with van der Waals surface area (Å²) in [6.45, 7) is 1.83. The summed E-state index contributed by atoms with van der Waals surface area (Å²) in [5.41, 5.74) is -0.0333. The normalized spacial score (nSPS) is 14.4. The first-order valence-corrected chi connectivity index (χ1v) is 8.44. The van der Waals surface area contributed by atoms with Crippen molar-refractivity contribution < 1.29 is 9.59 Å². The Bertz CT molecular complexity index is 683. The second-order valence-electron chi connectivity index (χ2n) is 5.27. The number of amides is 2. The quantitative estimate of drug-likeness (QED) is 0.419. The average Bonchev–Trinajstić information content (AvgIpc) is 2.97. The van der Waals surface area contributed by atoms with Gasteiger partial charge in [0.05, 0.1) is 0 Å². The number of aromatic nitrogens is 1. The topological polar surface area (TPSA) is 98.1 Å². The molecule has 24 heavy (non-hydrogen) atoms. The molecule has 0 aromatic carbocycles. The van der Waals surface area contributed by atoms with Crippen molar-refractivity contribution in [3.8, 4) is 6.07 Å². The molecule has 0 bridgehead atoms. The number of nitrogens with one attached hydrogen (secondary N) is 2. The predicted octanol–water partition coefficient (Wildman–Crippen LogP) is 1.79. The van der Waals surface area contributed by atoms with Gasteiger partial charge in [0.1, 0.15) is 17.5 Å². The van der Waals surface area contributed by atoms with Crippen LogP contribution in [0.25, 0.3) is 0 Å². The molecule has 0 unspecified atom stereocenters. The molecule has 1 aliphatic rings. The maximum Gasteiger partial charge on any atom is 0.263 e. The zero-order valence-electron chi connectivity index (χ0n) is 13.1. The Morgan fingerprint density at radius 3 is 3.04 bits per heavy atom. The van der Waals surface area contributed by atoms with E-state index in [1.807, 2.05) is 6.07 Å². The monoisotopic (exact) mass is 391 g/mol. The third-order valence-electron chi connectivity index (χ3n) is 3.51. The van der Waals surface area contributed by atoms with Crippen LogP contribution >= 0.6 is 15.9 Å². The maximum absolute atomic E-state index is 12.0. The third kappa shape index (κ3) is 5.35. The van der Waals surface area contributed by atoms with E-state index in [0.29, 0.717) is 31.7 Å². The number of anilines is 1. The van der Waals surface area contributed by atoms with Crippen molar-refractivity contribution in [1.82, 2.24) is 15.2 Å². The Labute approximate surface area is 148 Å². The molecule has 2 rings (SSSR count). The molecule has 126 valence electrons. The van der Waals surface area contributed by atoms with Gasteiger partial charge in [-0.15, -0.1) is 0 Å². The second kappa shape index (κ2) is 9.03. The molecule has 7 nitrogen and oxygen atoms in total. The Morgan fingerprint density at radius 1 is 1.54 bits per heavy atom. The van der Waals surface area contributed by atoms with E-state index in [4.69, 9.17) is 5.26 Å². The van der Waals surface area contributed by atoms with Crippen LogP contribution in [0.3, 0.4) is 0 Å². The Morgan fingerprint density at radius 2 is 2.38 bits per heavy atom. The molecule has 8 heteroatoms. The third-order valence-corrected chi connectivity index (χ3v) is 4.01. The molecule has 0 saturated carbocycles. The van der Waals surface area contributed by atoms with Gasteiger partial charge in [0.25, 0.3) is 5.91 Å². The number of pyridine rings is 1. The van der Waals surface area contributed by atoms with Crippen molar-refractivity contribution in [2.24, 2.45) is 0 Å². The zero-order valence-corrected chi connectivity index (χ0v) is 14.7. The number of likely N-dealkylation sites (tertiary alicyclic amines) is 1. The number of hydrogen-bond donors (Lipinski definition) is 2. The largest absolute Gasteiger partial charge is 0.351 e. The van der Waals surface area contributed by atoms with Gasteiger partial charge in [-0.05, 0) is 25.0 Å². The number of rotatable bonds is 7. The van der Waals surface area contributed by atoms with Crippen LogP contribution in [0.15, 0.2) is 34.6 Å². The molecule has 1 aliphatic heterocycles. The molecular formula is C16H18BrN5O2. The Kier molecular flexibility index (Phi) is 6.75. The van der Waals surface area contributed by atoms with Crippen LogP contribution in [0.4, 0.5) is 5.82 Å². The molecular weight excluding hydrogens is 374 g/mol. The van der Waals surface area contributed by atoms with E-state index in [2.05, 4.69) is 31.5 Å². The summed E-state index contributed by atoms with van der Waals surface area (Å²) in [5.74, 6) is 0.245. The fraction of sp³-hybridized carbons (Fsp3) is 0.375. The van der Waals surface area contributed by atoms with E-state index in [0.717, 1.165) is 17.4 Å². The first-order valence-electron chi connectivity index (χ1n) is 7.64. The molecule has 0 radical (unpaired) electrons. The molecule has 1 fully saturated rings. The molecule has 0 atom stereocenters. The minimum absolute atomic E-state index is 0.0333. The number of carbonyl (C=O) groups is 2. The van der Waals surface area contributed by atoms with Crippen LogP contribution in [0.2, 0.25) is 0 Å². The molecule has 0 spiro atoms. The highest BCUT2D eigenvalue weighted by atomic mass is 79.9. The summed E-state index contributed by atoms with van der Waals surface area (Å²) >= 11 is 3.32. The van der Waals surface area contributed by atoms with Gasteiger partial charge < -0.3 is 15.5 Å². The highest BCUT2D eigenvalue weighted by Crippen LogP contribution is 2.13. The number of hydrogen-bond acceptors (Lipinski definition) is 5. The molecule has 2 amide bonds. The molecule has 1 aromatic rings. The molecule has 1 saturated heterocycles. The van der Waals surface area contributed by atoms with Crippen LogP contribution in [-0.2, 0) is 9.59 Å². The predicted molar refractivity (Wildman–Crippen MR) is 92.7 cm³/mol. The van der Waals surface area contributed by atoms with Crippen molar-refractivity contribution >= 4 is 33.6 Å². The van der Waals surface area contributed by atoms with Crippen molar-refractivity contribution in [1.29, 1.82) is 5.26 Å². The van der Waals surface area contributed by atoms with Gasteiger partial charge in [0, 0.05) is 42.9 Å². The van der Waals surface area contributed by atoms with Gasteiger partial charge in [-0.1, -0.05) is 15.9 Å². The molecule has 0 aliphatic carbocycles. The van der Waals surface area contributed by atoms with Gasteiger partial charge in [0.15, 0.2) is 0 Å². The highest BCUT2D eigenvalue weighted by Gasteiger charge is 2.19. The molecule has 1 aromatic heterocycles. The standard InChI is InChI=1S/C16H18BrN5O2/c17-13-4-6-19-14(9-13)21-11-12(10-18)16(24)20-5-2-8-22-7-1-3-15(22)23/h4,6,9,11H,1-3,5,7-8H2,(H,19,21)(H,20,24)/b12-11-. The minimum Gasteiger partial charge on any atom is -0.351 e. The van der Waals surface area contributed by atoms with Crippen molar-refractivity contribution in [2.45, 2.75) is 19.3 Å². The lowest BCUT2D eigenvalue weighted by Crippen LogP contribution is -2.31. The first kappa shape index (κ1) is 17.9. The second-order valence-corrected chi connectivity index (χ2v) is 6.18. The lowest BCUT2D eigenvalue weighted by atomic mass is 10.3. The van der Waals surface area contributed by atoms with Gasteiger partial charge in [-0.2, -0.15) is 5.26 Å².